The standard InChI is InChI=1S/C32H37NO3.2C14H18O3.CH4/c1-31(2,3)25-16-14-24(15-17-25)29(34)18-19-30(35)33-22-20-28(21-23-33)32(36,26-10-6-4-7-11-26)27-12-8-5-9-13-27;2*1-14(2,3)11-6-4-10(5-7-11)12(15)8-9-13(16)17;/h4-17,28,36H,18-23H2,1-3H3;2*4-7H,8-9H2,1-3H3,(H,16,17);1H4. The molecule has 0 aromatic heterocycles. The lowest BCUT2D eigenvalue weighted by molar-refractivity contribution is -0.137. The number of carbonyl (C=O) groups excluding carboxylic acids is 4. The first-order valence-corrected chi connectivity index (χ1v) is 24.3. The number of aliphatic carboxylic acids is 2. The van der Waals surface area contributed by atoms with Crippen LogP contribution in [-0.4, -0.2) is 68.5 Å². The zero-order valence-corrected chi connectivity index (χ0v) is 42.6. The van der Waals surface area contributed by atoms with E-state index in [4.69, 9.17) is 10.2 Å². The Hall–Kier alpha value is -6.52. The lowest BCUT2D eigenvalue weighted by Crippen LogP contribution is -2.46. The van der Waals surface area contributed by atoms with Gasteiger partial charge in [-0.25, -0.2) is 0 Å². The first-order chi connectivity index (χ1) is 32.8. The van der Waals surface area contributed by atoms with Crippen molar-refractivity contribution in [3.8, 4) is 0 Å². The van der Waals surface area contributed by atoms with E-state index in [0.717, 1.165) is 22.3 Å². The number of carbonyl (C=O) groups is 6. The number of nitrogens with zero attached hydrogens (tertiary/aromatic N) is 1. The molecule has 1 aliphatic heterocycles. The quantitative estimate of drug-likeness (QED) is 0.0865. The predicted octanol–water partition coefficient (Wildman–Crippen LogP) is 12.8. The van der Waals surface area contributed by atoms with Gasteiger partial charge >= 0.3 is 11.9 Å². The smallest absolute Gasteiger partial charge is 0.303 e. The lowest BCUT2D eigenvalue weighted by Gasteiger charge is -2.42. The van der Waals surface area contributed by atoms with E-state index in [-0.39, 0.29) is 91.4 Å². The number of likely N-dealkylation sites (tertiary alicyclic amines) is 1. The molecule has 3 N–H and O–H groups in total. The molecule has 1 aliphatic rings. The van der Waals surface area contributed by atoms with Gasteiger partial charge in [-0.05, 0) is 62.8 Å². The topological polar surface area (TPSA) is 166 Å². The maximum atomic E-state index is 12.9. The summed E-state index contributed by atoms with van der Waals surface area (Å²) in [5.74, 6) is -2.11. The van der Waals surface area contributed by atoms with Crippen LogP contribution in [0.3, 0.4) is 0 Å². The fourth-order valence-corrected chi connectivity index (χ4v) is 8.29. The number of amides is 1. The number of piperidine rings is 1. The molecule has 1 amide bonds. The number of ketones is 3. The second-order valence-corrected chi connectivity index (χ2v) is 21.2. The number of Topliss-reactive ketones (excluding diaryl/α,β-unsaturated/α-hetero) is 3. The zero-order chi connectivity index (χ0) is 51.9. The van der Waals surface area contributed by atoms with Crippen molar-refractivity contribution in [3.05, 3.63) is 178 Å². The van der Waals surface area contributed by atoms with Gasteiger partial charge in [-0.1, -0.05) is 203 Å². The summed E-state index contributed by atoms with van der Waals surface area (Å²) in [6.07, 6.45) is 1.73. The molecule has 1 fully saturated rings. The van der Waals surface area contributed by atoms with Crippen LogP contribution in [0.15, 0.2) is 133 Å². The van der Waals surface area contributed by atoms with Crippen LogP contribution in [-0.2, 0) is 36.2 Å². The van der Waals surface area contributed by atoms with E-state index in [1.165, 1.54) is 5.56 Å². The Morgan fingerprint density at radius 2 is 0.704 bits per heavy atom. The highest BCUT2D eigenvalue weighted by molar-refractivity contribution is 5.99. The SMILES string of the molecule is C.CC(C)(C)c1ccc(C(=O)CCC(=O)N2CCC(C(O)(c3ccccc3)c3ccccc3)CC2)cc1.CC(C)(C)c1ccc(C(=O)CCC(=O)O)cc1.CC(C)(C)c1ccc(C(=O)CCC(=O)O)cc1. The van der Waals surface area contributed by atoms with Crippen LogP contribution >= 0.6 is 0 Å². The van der Waals surface area contributed by atoms with Crippen molar-refractivity contribution in [2.75, 3.05) is 13.1 Å². The highest BCUT2D eigenvalue weighted by atomic mass is 16.4. The molecule has 10 heteroatoms. The van der Waals surface area contributed by atoms with Crippen LogP contribution in [0.5, 0.6) is 0 Å². The predicted molar refractivity (Wildman–Crippen MR) is 283 cm³/mol. The van der Waals surface area contributed by atoms with E-state index in [2.05, 4.69) is 62.3 Å². The minimum atomic E-state index is -1.10. The number of aliphatic hydroxyl groups is 1. The lowest BCUT2D eigenvalue weighted by atomic mass is 9.72. The molecule has 71 heavy (non-hydrogen) atoms. The molecule has 0 radical (unpaired) electrons. The van der Waals surface area contributed by atoms with Crippen LogP contribution in [0.4, 0.5) is 0 Å². The maximum absolute atomic E-state index is 12.9. The molecule has 1 heterocycles. The molecule has 6 rings (SSSR count). The van der Waals surface area contributed by atoms with E-state index in [9.17, 15) is 33.9 Å². The van der Waals surface area contributed by atoms with Crippen molar-refractivity contribution >= 4 is 35.2 Å². The molecule has 1 saturated heterocycles. The molecule has 5 aromatic carbocycles. The molecule has 0 saturated carbocycles. The van der Waals surface area contributed by atoms with Gasteiger partial charge < -0.3 is 20.2 Å². The van der Waals surface area contributed by atoms with Gasteiger partial charge in [0.1, 0.15) is 5.60 Å². The second-order valence-electron chi connectivity index (χ2n) is 21.2. The number of rotatable bonds is 15. The van der Waals surface area contributed by atoms with E-state index < -0.39 is 17.5 Å². The summed E-state index contributed by atoms with van der Waals surface area (Å²) in [5, 5.41) is 29.0. The largest absolute Gasteiger partial charge is 0.481 e. The third-order valence-corrected chi connectivity index (χ3v) is 12.8. The van der Waals surface area contributed by atoms with Crippen molar-refractivity contribution in [2.45, 2.75) is 143 Å². The molecule has 0 bridgehead atoms. The fourth-order valence-electron chi connectivity index (χ4n) is 8.29. The average molecular weight is 968 g/mol. The third-order valence-electron chi connectivity index (χ3n) is 12.8. The fraction of sp³-hybridized carbons (Fsp3) is 0.410. The third kappa shape index (κ3) is 17.7. The monoisotopic (exact) mass is 968 g/mol. The van der Waals surface area contributed by atoms with Crippen LogP contribution in [0, 0.1) is 5.92 Å². The van der Waals surface area contributed by atoms with Gasteiger partial charge in [0.05, 0.1) is 12.8 Å². The summed E-state index contributed by atoms with van der Waals surface area (Å²) in [4.78, 5) is 71.5. The van der Waals surface area contributed by atoms with Gasteiger partial charge in [0.15, 0.2) is 17.3 Å². The molecule has 0 atom stereocenters. The van der Waals surface area contributed by atoms with Crippen LogP contribution in [0.2, 0.25) is 0 Å². The Balaban J connectivity index is 0.000000318. The Morgan fingerprint density at radius 1 is 0.423 bits per heavy atom. The maximum Gasteiger partial charge on any atom is 0.303 e. The van der Waals surface area contributed by atoms with Crippen molar-refractivity contribution in [2.24, 2.45) is 5.92 Å². The van der Waals surface area contributed by atoms with Gasteiger partial charge in [0.2, 0.25) is 5.91 Å². The van der Waals surface area contributed by atoms with Crippen molar-refractivity contribution in [1.82, 2.24) is 4.90 Å². The molecule has 5 aromatic rings. The number of carboxylic acids is 2. The van der Waals surface area contributed by atoms with E-state index in [0.29, 0.717) is 42.6 Å². The van der Waals surface area contributed by atoms with Gasteiger partial charge in [0.25, 0.3) is 0 Å². The molecule has 380 valence electrons. The van der Waals surface area contributed by atoms with Crippen LogP contribution in [0.25, 0.3) is 0 Å². The average Bonchev–Trinajstić information content (AvgIpc) is 3.34. The Kier molecular flexibility index (Phi) is 21.6. The zero-order valence-electron chi connectivity index (χ0n) is 42.6. The highest BCUT2D eigenvalue weighted by Crippen LogP contribution is 2.42. The second kappa shape index (κ2) is 26.1. The van der Waals surface area contributed by atoms with Crippen molar-refractivity contribution in [3.63, 3.8) is 0 Å². The molecule has 0 unspecified atom stereocenters. The first kappa shape index (κ1) is 58.8. The number of hydrogen-bond acceptors (Lipinski definition) is 7. The summed E-state index contributed by atoms with van der Waals surface area (Å²) in [6, 6.07) is 42.1. The van der Waals surface area contributed by atoms with Crippen molar-refractivity contribution < 1.29 is 44.1 Å². The number of carboxylic acid groups (broad SMARTS) is 2. The summed E-state index contributed by atoms with van der Waals surface area (Å²) < 4.78 is 0. The number of hydrogen-bond donors (Lipinski definition) is 3. The minimum Gasteiger partial charge on any atom is -0.481 e. The Labute approximate surface area is 422 Å². The van der Waals surface area contributed by atoms with Crippen LogP contribution in [0.1, 0.15) is 180 Å². The summed E-state index contributed by atoms with van der Waals surface area (Å²) in [6.45, 7) is 20.2. The highest BCUT2D eigenvalue weighted by Gasteiger charge is 2.42. The van der Waals surface area contributed by atoms with E-state index >= 15 is 0 Å². The van der Waals surface area contributed by atoms with Crippen LogP contribution < -0.4 is 0 Å². The molecule has 0 aliphatic carbocycles. The van der Waals surface area contributed by atoms with Gasteiger partial charge in [-0.3, -0.25) is 28.8 Å². The Morgan fingerprint density at radius 3 is 0.972 bits per heavy atom. The van der Waals surface area contributed by atoms with Gasteiger partial charge in [-0.15, -0.1) is 0 Å². The first-order valence-electron chi connectivity index (χ1n) is 24.3. The molecule has 0 spiro atoms. The van der Waals surface area contributed by atoms with E-state index in [1.54, 1.807) is 24.3 Å². The summed E-state index contributed by atoms with van der Waals surface area (Å²) >= 11 is 0. The number of benzene rings is 5. The van der Waals surface area contributed by atoms with Gasteiger partial charge in [0, 0.05) is 55.5 Å². The van der Waals surface area contributed by atoms with Crippen molar-refractivity contribution in [1.29, 1.82) is 0 Å². The molecule has 10 nitrogen and oxygen atoms in total. The summed E-state index contributed by atoms with van der Waals surface area (Å²) in [7, 11) is 0. The summed E-state index contributed by atoms with van der Waals surface area (Å²) in [5.41, 5.74) is 6.13. The van der Waals surface area contributed by atoms with Gasteiger partial charge in [-0.2, -0.15) is 0 Å². The normalized spacial score (nSPS) is 13.0. The minimum absolute atomic E-state index is 0. The Bertz CT molecular complexity index is 2380. The molecular formula is C61H77NO9. The van der Waals surface area contributed by atoms with E-state index in [1.807, 2.05) is 114 Å². The molecular weight excluding hydrogens is 891 g/mol.